The van der Waals surface area contributed by atoms with Gasteiger partial charge in [0.05, 0.1) is 11.3 Å². The van der Waals surface area contributed by atoms with Gasteiger partial charge in [-0.05, 0) is 45.4 Å². The molecule has 0 fully saturated rings. The fourth-order valence-electron chi connectivity index (χ4n) is 2.97. The summed E-state index contributed by atoms with van der Waals surface area (Å²) in [6.45, 7) is 7.27. The molecule has 1 unspecified atom stereocenters. The second-order valence-electron chi connectivity index (χ2n) is 6.15. The van der Waals surface area contributed by atoms with Crippen molar-refractivity contribution in [3.63, 3.8) is 0 Å². The number of aliphatic carboxylic acids is 1. The number of nitrogens with zero attached hydrogens (tertiary/aromatic N) is 2. The van der Waals surface area contributed by atoms with Gasteiger partial charge in [-0.15, -0.1) is 11.3 Å². The Morgan fingerprint density at radius 2 is 1.88 bits per heavy atom. The number of rotatable bonds is 5. The van der Waals surface area contributed by atoms with Crippen molar-refractivity contribution in [1.82, 2.24) is 20.1 Å². The van der Waals surface area contributed by atoms with E-state index in [1.807, 2.05) is 42.9 Å². The number of hydrogen-bond acceptors (Lipinski definition) is 4. The highest BCUT2D eigenvalue weighted by molar-refractivity contribution is 7.15. The molecule has 8 heteroatoms. The smallest absolute Gasteiger partial charge is 0.331 e. The van der Waals surface area contributed by atoms with Gasteiger partial charge in [0.25, 0.3) is 5.91 Å². The fraction of sp³-hybridized carbons (Fsp3) is 0.278. The number of carbonyl (C=O) groups excluding carboxylic acids is 1. The first-order valence-corrected chi connectivity index (χ1v) is 8.91. The lowest BCUT2D eigenvalue weighted by atomic mass is 10.0. The van der Waals surface area contributed by atoms with Gasteiger partial charge in [-0.3, -0.25) is 9.89 Å². The molecule has 0 bridgehead atoms. The third kappa shape index (κ3) is 3.03. The molecule has 0 spiro atoms. The number of carboxylic acid groups (broad SMARTS) is 1. The molecule has 136 valence electrons. The lowest BCUT2D eigenvalue weighted by molar-refractivity contribution is -0.139. The number of nitrogens with one attached hydrogen (secondary N) is 2. The van der Waals surface area contributed by atoms with E-state index < -0.39 is 17.9 Å². The zero-order chi connectivity index (χ0) is 19.0. The second-order valence-corrected chi connectivity index (χ2v) is 7.35. The topological polar surface area (TPSA) is 100 Å². The van der Waals surface area contributed by atoms with Crippen molar-refractivity contribution in [1.29, 1.82) is 0 Å². The minimum Gasteiger partial charge on any atom is -0.479 e. The number of hydrogen-bond donors (Lipinski definition) is 3. The molecule has 0 radical (unpaired) electrons. The van der Waals surface area contributed by atoms with E-state index in [1.54, 1.807) is 13.8 Å². The van der Waals surface area contributed by atoms with Crippen LogP contribution < -0.4 is 5.32 Å². The molecule has 0 aromatic carbocycles. The van der Waals surface area contributed by atoms with E-state index in [4.69, 9.17) is 0 Å². The van der Waals surface area contributed by atoms with Crippen LogP contribution in [-0.2, 0) is 4.79 Å². The number of aromatic amines is 1. The van der Waals surface area contributed by atoms with Gasteiger partial charge < -0.3 is 15.0 Å². The summed E-state index contributed by atoms with van der Waals surface area (Å²) in [5, 5.41) is 19.9. The third-order valence-electron chi connectivity index (χ3n) is 4.43. The summed E-state index contributed by atoms with van der Waals surface area (Å²) in [4.78, 5) is 25.8. The van der Waals surface area contributed by atoms with E-state index in [0.29, 0.717) is 22.5 Å². The van der Waals surface area contributed by atoms with Gasteiger partial charge >= 0.3 is 5.97 Å². The first kappa shape index (κ1) is 17.9. The fourth-order valence-corrected chi connectivity index (χ4v) is 4.09. The SMILES string of the molecule is Cc1n[nH]c(C)c1C(NC(=O)c1c(-n2cccc2)sc(C)c1C)C(=O)O. The summed E-state index contributed by atoms with van der Waals surface area (Å²) < 4.78 is 1.86. The van der Waals surface area contributed by atoms with Crippen molar-refractivity contribution in [2.24, 2.45) is 0 Å². The predicted molar refractivity (Wildman–Crippen MR) is 99.0 cm³/mol. The summed E-state index contributed by atoms with van der Waals surface area (Å²) in [5.41, 5.74) is 3.01. The standard InChI is InChI=1S/C18H20N4O3S/c1-9-12(4)26-17(22-7-5-6-8-22)13(9)16(23)19-15(18(24)25)14-10(2)20-21-11(14)3/h5-8,15H,1-4H3,(H,19,23)(H,20,21)(H,24,25). The maximum absolute atomic E-state index is 13.0. The first-order valence-electron chi connectivity index (χ1n) is 8.09. The molecule has 3 aromatic rings. The zero-order valence-corrected chi connectivity index (χ0v) is 15.8. The van der Waals surface area contributed by atoms with Crippen molar-refractivity contribution in [3.8, 4) is 5.00 Å². The van der Waals surface area contributed by atoms with Crippen molar-refractivity contribution in [3.05, 3.63) is 57.5 Å². The molecular formula is C18H20N4O3S. The zero-order valence-electron chi connectivity index (χ0n) is 15.0. The Kier molecular flexibility index (Phi) is 4.69. The third-order valence-corrected chi connectivity index (χ3v) is 5.65. The highest BCUT2D eigenvalue weighted by atomic mass is 32.1. The molecule has 0 saturated heterocycles. The van der Waals surface area contributed by atoms with Crippen LogP contribution in [-0.4, -0.2) is 31.7 Å². The van der Waals surface area contributed by atoms with Crippen LogP contribution in [0.15, 0.2) is 24.5 Å². The molecule has 1 amide bonds. The van der Waals surface area contributed by atoms with Crippen LogP contribution in [0.5, 0.6) is 0 Å². The Hall–Kier alpha value is -2.87. The van der Waals surface area contributed by atoms with E-state index in [2.05, 4.69) is 15.5 Å². The monoisotopic (exact) mass is 372 g/mol. The maximum atomic E-state index is 13.0. The molecule has 7 nitrogen and oxygen atoms in total. The Balaban J connectivity index is 2.01. The van der Waals surface area contributed by atoms with Crippen LogP contribution >= 0.6 is 11.3 Å². The van der Waals surface area contributed by atoms with Crippen LogP contribution in [0.4, 0.5) is 0 Å². The number of amides is 1. The molecule has 0 saturated carbocycles. The van der Waals surface area contributed by atoms with Gasteiger partial charge in [0, 0.05) is 28.5 Å². The average Bonchev–Trinajstić information content (AvgIpc) is 3.28. The Morgan fingerprint density at radius 1 is 1.23 bits per heavy atom. The van der Waals surface area contributed by atoms with E-state index in [9.17, 15) is 14.7 Å². The van der Waals surface area contributed by atoms with Crippen LogP contribution in [0.25, 0.3) is 5.00 Å². The van der Waals surface area contributed by atoms with Crippen LogP contribution in [0.2, 0.25) is 0 Å². The van der Waals surface area contributed by atoms with Crippen LogP contribution in [0.3, 0.4) is 0 Å². The molecular weight excluding hydrogens is 352 g/mol. The molecule has 1 atom stereocenters. The number of carboxylic acids is 1. The summed E-state index contributed by atoms with van der Waals surface area (Å²) in [5.74, 6) is -1.54. The van der Waals surface area contributed by atoms with Crippen molar-refractivity contribution in [2.45, 2.75) is 33.7 Å². The van der Waals surface area contributed by atoms with Gasteiger partial charge in [0.15, 0.2) is 6.04 Å². The molecule has 3 heterocycles. The predicted octanol–water partition coefficient (Wildman–Crippen LogP) is 3.05. The lowest BCUT2D eigenvalue weighted by Gasteiger charge is -2.16. The maximum Gasteiger partial charge on any atom is 0.331 e. The number of aromatic nitrogens is 3. The highest BCUT2D eigenvalue weighted by Gasteiger charge is 2.30. The summed E-state index contributed by atoms with van der Waals surface area (Å²) in [6, 6.07) is 2.59. The van der Waals surface area contributed by atoms with E-state index in [-0.39, 0.29) is 0 Å². The molecule has 3 rings (SSSR count). The normalized spacial score (nSPS) is 12.2. The minimum absolute atomic E-state index is 0.414. The lowest BCUT2D eigenvalue weighted by Crippen LogP contribution is -2.35. The highest BCUT2D eigenvalue weighted by Crippen LogP contribution is 2.31. The van der Waals surface area contributed by atoms with Gasteiger partial charge in [0.1, 0.15) is 5.00 Å². The molecule has 3 N–H and O–H groups in total. The Morgan fingerprint density at radius 3 is 2.42 bits per heavy atom. The van der Waals surface area contributed by atoms with Gasteiger partial charge in [-0.1, -0.05) is 0 Å². The van der Waals surface area contributed by atoms with Crippen LogP contribution in [0, 0.1) is 27.7 Å². The summed E-state index contributed by atoms with van der Waals surface area (Å²) in [7, 11) is 0. The van der Waals surface area contributed by atoms with Crippen molar-refractivity contribution < 1.29 is 14.7 Å². The van der Waals surface area contributed by atoms with E-state index in [0.717, 1.165) is 15.4 Å². The number of aryl methyl sites for hydroxylation is 3. The Bertz CT molecular complexity index is 950. The molecule has 0 aliphatic heterocycles. The van der Waals surface area contributed by atoms with Gasteiger partial charge in [-0.2, -0.15) is 5.10 Å². The number of carbonyl (C=O) groups is 2. The summed E-state index contributed by atoms with van der Waals surface area (Å²) >= 11 is 1.50. The van der Waals surface area contributed by atoms with Crippen LogP contribution in [0.1, 0.15) is 43.8 Å². The van der Waals surface area contributed by atoms with Gasteiger partial charge in [-0.25, -0.2) is 4.79 Å². The number of thiophene rings is 1. The number of H-pyrrole nitrogens is 1. The molecule has 0 aliphatic carbocycles. The average molecular weight is 372 g/mol. The van der Waals surface area contributed by atoms with E-state index >= 15 is 0 Å². The second kappa shape index (κ2) is 6.80. The molecule has 26 heavy (non-hydrogen) atoms. The Labute approximate surface area is 154 Å². The molecule has 0 aliphatic rings. The van der Waals surface area contributed by atoms with Crippen molar-refractivity contribution in [2.75, 3.05) is 0 Å². The summed E-state index contributed by atoms with van der Waals surface area (Å²) in [6.07, 6.45) is 3.72. The van der Waals surface area contributed by atoms with E-state index in [1.165, 1.54) is 11.3 Å². The quantitative estimate of drug-likeness (QED) is 0.641. The first-order chi connectivity index (χ1) is 12.3. The van der Waals surface area contributed by atoms with Crippen molar-refractivity contribution >= 4 is 23.2 Å². The van der Waals surface area contributed by atoms with Gasteiger partial charge in [0.2, 0.25) is 0 Å². The molecule has 3 aromatic heterocycles. The largest absolute Gasteiger partial charge is 0.479 e. The minimum atomic E-state index is -1.17.